The molecular weight excluding hydrogens is 260 g/mol. The number of anilines is 1. The number of nitrogen functional groups attached to an aromatic ring is 1. The predicted octanol–water partition coefficient (Wildman–Crippen LogP) is 3.62. The first kappa shape index (κ1) is 14.2. The molecule has 1 amide bonds. The first-order chi connectivity index (χ1) is 9.06. The third-order valence-corrected chi connectivity index (χ3v) is 4.16. The largest absolute Gasteiger partial charge is 0.399 e. The number of nitrogens with one attached hydrogen (secondary N) is 1. The second-order valence-electron chi connectivity index (χ2n) is 5.52. The number of carbonyl (C=O) groups is 1. The van der Waals surface area contributed by atoms with Gasteiger partial charge in [0.2, 0.25) is 0 Å². The van der Waals surface area contributed by atoms with Crippen LogP contribution in [0.25, 0.3) is 0 Å². The molecule has 0 radical (unpaired) electrons. The normalized spacial score (nSPS) is 23.7. The Balaban J connectivity index is 2.02. The highest BCUT2D eigenvalue weighted by atomic mass is 35.5. The van der Waals surface area contributed by atoms with Gasteiger partial charge in [-0.3, -0.25) is 4.79 Å². The van der Waals surface area contributed by atoms with Crippen LogP contribution in [0.4, 0.5) is 5.69 Å². The van der Waals surface area contributed by atoms with Crippen molar-refractivity contribution in [2.45, 2.75) is 45.1 Å². The van der Waals surface area contributed by atoms with Crippen LogP contribution in [0.5, 0.6) is 0 Å². The van der Waals surface area contributed by atoms with Crippen molar-refractivity contribution in [2.24, 2.45) is 5.92 Å². The summed E-state index contributed by atoms with van der Waals surface area (Å²) >= 11 is 6.05. The maximum absolute atomic E-state index is 12.2. The van der Waals surface area contributed by atoms with E-state index in [1.807, 2.05) is 0 Å². The van der Waals surface area contributed by atoms with Gasteiger partial charge in [0.1, 0.15) is 0 Å². The Kier molecular flexibility index (Phi) is 4.70. The lowest BCUT2D eigenvalue weighted by molar-refractivity contribution is 0.0933. The molecule has 0 aliphatic heterocycles. The second-order valence-corrected chi connectivity index (χ2v) is 5.93. The van der Waals surface area contributed by atoms with E-state index < -0.39 is 0 Å². The summed E-state index contributed by atoms with van der Waals surface area (Å²) in [5, 5.41) is 3.54. The van der Waals surface area contributed by atoms with Gasteiger partial charge in [-0.05, 0) is 43.4 Å². The van der Waals surface area contributed by atoms with Gasteiger partial charge >= 0.3 is 0 Å². The molecule has 3 N–H and O–H groups in total. The van der Waals surface area contributed by atoms with E-state index in [1.165, 1.54) is 19.3 Å². The van der Waals surface area contributed by atoms with Gasteiger partial charge in [-0.1, -0.05) is 31.4 Å². The smallest absolute Gasteiger partial charge is 0.253 e. The Morgan fingerprint density at radius 1 is 1.32 bits per heavy atom. The van der Waals surface area contributed by atoms with Gasteiger partial charge < -0.3 is 11.1 Å². The highest BCUT2D eigenvalue weighted by Crippen LogP contribution is 2.24. The number of hydrogen-bond acceptors (Lipinski definition) is 2. The molecule has 2 unspecified atom stereocenters. The summed E-state index contributed by atoms with van der Waals surface area (Å²) in [7, 11) is 0. The van der Waals surface area contributed by atoms with E-state index in [0.717, 1.165) is 18.8 Å². The van der Waals surface area contributed by atoms with E-state index in [9.17, 15) is 4.79 Å². The van der Waals surface area contributed by atoms with Gasteiger partial charge in [0.05, 0.1) is 10.6 Å². The molecule has 1 fully saturated rings. The van der Waals surface area contributed by atoms with Crippen LogP contribution >= 0.6 is 11.6 Å². The summed E-state index contributed by atoms with van der Waals surface area (Å²) in [6.07, 6.45) is 5.71. The summed E-state index contributed by atoms with van der Waals surface area (Å²) in [5.41, 5.74) is 6.73. The van der Waals surface area contributed by atoms with Crippen molar-refractivity contribution in [3.05, 3.63) is 28.8 Å². The van der Waals surface area contributed by atoms with Crippen molar-refractivity contribution in [3.8, 4) is 0 Å². The zero-order valence-electron chi connectivity index (χ0n) is 11.3. The standard InChI is InChI=1S/C15H21ClN2O/c1-10-3-2-4-12(7-5-10)18-15(19)13-9-11(17)6-8-14(13)16/h6,8-10,12H,2-5,7,17H2,1H3,(H,18,19). The van der Waals surface area contributed by atoms with E-state index in [0.29, 0.717) is 16.3 Å². The summed E-state index contributed by atoms with van der Waals surface area (Å²) in [6.45, 7) is 2.28. The fourth-order valence-electron chi connectivity index (χ4n) is 2.61. The van der Waals surface area contributed by atoms with Gasteiger partial charge in [-0.15, -0.1) is 0 Å². The average Bonchev–Trinajstić information content (AvgIpc) is 2.57. The zero-order valence-corrected chi connectivity index (χ0v) is 12.0. The Morgan fingerprint density at radius 2 is 2.11 bits per heavy atom. The highest BCUT2D eigenvalue weighted by Gasteiger charge is 2.19. The molecule has 1 saturated carbocycles. The molecule has 104 valence electrons. The van der Waals surface area contributed by atoms with Crippen molar-refractivity contribution in [3.63, 3.8) is 0 Å². The minimum atomic E-state index is -0.114. The molecule has 2 rings (SSSR count). The van der Waals surface area contributed by atoms with Gasteiger partial charge in [-0.25, -0.2) is 0 Å². The van der Waals surface area contributed by atoms with Crippen molar-refractivity contribution >= 4 is 23.2 Å². The summed E-state index contributed by atoms with van der Waals surface area (Å²) in [5.74, 6) is 0.648. The molecule has 0 spiro atoms. The quantitative estimate of drug-likeness (QED) is 0.642. The van der Waals surface area contributed by atoms with Crippen LogP contribution in [0.15, 0.2) is 18.2 Å². The second kappa shape index (κ2) is 6.29. The first-order valence-electron chi connectivity index (χ1n) is 6.92. The maximum atomic E-state index is 12.2. The lowest BCUT2D eigenvalue weighted by Crippen LogP contribution is -2.34. The Labute approximate surface area is 119 Å². The average molecular weight is 281 g/mol. The number of carbonyl (C=O) groups excluding carboxylic acids is 1. The Hall–Kier alpha value is -1.22. The molecular formula is C15H21ClN2O. The molecule has 2 atom stereocenters. The molecule has 0 aromatic heterocycles. The van der Waals surface area contributed by atoms with E-state index >= 15 is 0 Å². The number of benzene rings is 1. The number of halogens is 1. The summed E-state index contributed by atoms with van der Waals surface area (Å²) < 4.78 is 0. The SMILES string of the molecule is CC1CCCC(NC(=O)c2cc(N)ccc2Cl)CC1. The number of rotatable bonds is 2. The van der Waals surface area contributed by atoms with Gasteiger partial charge in [0, 0.05) is 11.7 Å². The van der Waals surface area contributed by atoms with E-state index in [4.69, 9.17) is 17.3 Å². The summed E-state index contributed by atoms with van der Waals surface area (Å²) in [6, 6.07) is 5.26. The van der Waals surface area contributed by atoms with Crippen LogP contribution in [0, 0.1) is 5.92 Å². The predicted molar refractivity (Wildman–Crippen MR) is 79.4 cm³/mol. The number of hydrogen-bond donors (Lipinski definition) is 2. The van der Waals surface area contributed by atoms with Crippen LogP contribution in [-0.4, -0.2) is 11.9 Å². The summed E-state index contributed by atoms with van der Waals surface area (Å²) in [4.78, 5) is 12.2. The number of amides is 1. The monoisotopic (exact) mass is 280 g/mol. The molecule has 0 heterocycles. The molecule has 3 nitrogen and oxygen atoms in total. The van der Waals surface area contributed by atoms with Crippen molar-refractivity contribution in [1.29, 1.82) is 0 Å². The molecule has 1 aliphatic rings. The Morgan fingerprint density at radius 3 is 2.89 bits per heavy atom. The minimum absolute atomic E-state index is 0.114. The molecule has 1 aromatic carbocycles. The molecule has 0 bridgehead atoms. The molecule has 1 aliphatic carbocycles. The Bertz CT molecular complexity index is 461. The molecule has 1 aromatic rings. The first-order valence-corrected chi connectivity index (χ1v) is 7.30. The third-order valence-electron chi connectivity index (χ3n) is 3.83. The fraction of sp³-hybridized carbons (Fsp3) is 0.533. The molecule has 0 saturated heterocycles. The maximum Gasteiger partial charge on any atom is 0.253 e. The van der Waals surface area contributed by atoms with Crippen LogP contribution in [-0.2, 0) is 0 Å². The van der Waals surface area contributed by atoms with Crippen LogP contribution in [0.2, 0.25) is 5.02 Å². The van der Waals surface area contributed by atoms with Gasteiger partial charge in [0.25, 0.3) is 5.91 Å². The third kappa shape index (κ3) is 3.87. The van der Waals surface area contributed by atoms with Gasteiger partial charge in [0.15, 0.2) is 0 Å². The minimum Gasteiger partial charge on any atom is -0.399 e. The van der Waals surface area contributed by atoms with Crippen LogP contribution < -0.4 is 11.1 Å². The van der Waals surface area contributed by atoms with Crippen molar-refractivity contribution < 1.29 is 4.79 Å². The number of nitrogens with two attached hydrogens (primary N) is 1. The lowest BCUT2D eigenvalue weighted by Gasteiger charge is -2.17. The lowest BCUT2D eigenvalue weighted by atomic mass is 10.0. The highest BCUT2D eigenvalue weighted by molar-refractivity contribution is 6.34. The van der Waals surface area contributed by atoms with Crippen LogP contribution in [0.1, 0.15) is 49.4 Å². The fourth-order valence-corrected chi connectivity index (χ4v) is 2.81. The molecule has 4 heteroatoms. The topological polar surface area (TPSA) is 55.1 Å². The molecule has 19 heavy (non-hydrogen) atoms. The van der Waals surface area contributed by atoms with Crippen LogP contribution in [0.3, 0.4) is 0 Å². The van der Waals surface area contributed by atoms with E-state index in [1.54, 1.807) is 18.2 Å². The van der Waals surface area contributed by atoms with Crippen molar-refractivity contribution in [2.75, 3.05) is 5.73 Å². The van der Waals surface area contributed by atoms with E-state index in [2.05, 4.69) is 12.2 Å². The van der Waals surface area contributed by atoms with Crippen molar-refractivity contribution in [1.82, 2.24) is 5.32 Å². The van der Waals surface area contributed by atoms with E-state index in [-0.39, 0.29) is 11.9 Å². The van der Waals surface area contributed by atoms with Gasteiger partial charge in [-0.2, -0.15) is 0 Å². The zero-order chi connectivity index (χ0) is 13.8.